The average Bonchev–Trinajstić information content (AvgIpc) is 2.58. The molecule has 2 aromatic rings. The van der Waals surface area contributed by atoms with E-state index >= 15 is 0 Å². The van der Waals surface area contributed by atoms with E-state index in [1.54, 1.807) is 30.3 Å². The molecule has 1 heterocycles. The highest BCUT2D eigenvalue weighted by Gasteiger charge is 2.71. The summed E-state index contributed by atoms with van der Waals surface area (Å²) in [7, 11) is 0. The van der Waals surface area contributed by atoms with Gasteiger partial charge in [0, 0.05) is 17.1 Å². The van der Waals surface area contributed by atoms with Crippen LogP contribution < -0.4 is 10.6 Å². The Morgan fingerprint density at radius 2 is 1.81 bits per heavy atom. The van der Waals surface area contributed by atoms with Crippen LogP contribution in [-0.2, 0) is 4.79 Å². The summed E-state index contributed by atoms with van der Waals surface area (Å²) in [6.07, 6.45) is 2.30. The zero-order valence-electron chi connectivity index (χ0n) is 14.8. The van der Waals surface area contributed by atoms with Gasteiger partial charge in [0.25, 0.3) is 5.91 Å². The molecule has 1 atom stereocenters. The fourth-order valence-corrected chi connectivity index (χ4v) is 4.52. The number of hydrogen-bond acceptors (Lipinski definition) is 3. The van der Waals surface area contributed by atoms with Gasteiger partial charge in [-0.3, -0.25) is 9.59 Å². The SMILES string of the molecule is CC(C(=O)Nc1ccc(F)cc1)C12CC(NC(=O)c3cccc(Cl)n3)(C1)C2. The van der Waals surface area contributed by atoms with E-state index in [1.165, 1.54) is 12.1 Å². The molecule has 3 saturated carbocycles. The monoisotopic (exact) mass is 387 g/mol. The molecule has 3 aliphatic rings. The molecule has 0 saturated heterocycles. The molecule has 2 bridgehead atoms. The van der Waals surface area contributed by atoms with E-state index in [4.69, 9.17) is 11.6 Å². The molecular weight excluding hydrogens is 369 g/mol. The first kappa shape index (κ1) is 17.9. The number of halogens is 2. The molecule has 7 heteroatoms. The fourth-order valence-electron chi connectivity index (χ4n) is 4.36. The van der Waals surface area contributed by atoms with Gasteiger partial charge in [0.05, 0.1) is 0 Å². The molecule has 3 aliphatic carbocycles. The van der Waals surface area contributed by atoms with Crippen LogP contribution in [0.3, 0.4) is 0 Å². The van der Waals surface area contributed by atoms with Crippen LogP contribution in [0.25, 0.3) is 0 Å². The third-order valence-electron chi connectivity index (χ3n) is 5.82. The summed E-state index contributed by atoms with van der Waals surface area (Å²) in [5.74, 6) is -0.857. The third kappa shape index (κ3) is 3.18. The molecule has 5 rings (SSSR count). The van der Waals surface area contributed by atoms with Crippen molar-refractivity contribution in [2.24, 2.45) is 11.3 Å². The van der Waals surface area contributed by atoms with Crippen molar-refractivity contribution in [2.45, 2.75) is 31.7 Å². The number of hydrogen-bond donors (Lipinski definition) is 2. The summed E-state index contributed by atoms with van der Waals surface area (Å²) in [6.45, 7) is 1.91. The van der Waals surface area contributed by atoms with Crippen LogP contribution >= 0.6 is 11.6 Å². The molecule has 5 nitrogen and oxygen atoms in total. The summed E-state index contributed by atoms with van der Waals surface area (Å²) < 4.78 is 13.0. The Labute approximate surface area is 161 Å². The second-order valence-electron chi connectivity index (χ2n) is 7.69. The number of aromatic nitrogens is 1. The minimum Gasteiger partial charge on any atom is -0.345 e. The minimum atomic E-state index is -0.340. The van der Waals surface area contributed by atoms with Gasteiger partial charge in [0.1, 0.15) is 16.7 Å². The zero-order valence-corrected chi connectivity index (χ0v) is 15.5. The number of nitrogens with zero attached hydrogens (tertiary/aromatic N) is 1. The Morgan fingerprint density at radius 3 is 2.44 bits per heavy atom. The van der Waals surface area contributed by atoms with E-state index < -0.39 is 0 Å². The Balaban J connectivity index is 1.33. The van der Waals surface area contributed by atoms with Crippen molar-refractivity contribution in [1.29, 1.82) is 0 Å². The first-order chi connectivity index (χ1) is 12.8. The van der Waals surface area contributed by atoms with Crippen LogP contribution in [-0.4, -0.2) is 22.3 Å². The lowest BCUT2D eigenvalue weighted by molar-refractivity contribution is -0.184. The maximum Gasteiger partial charge on any atom is 0.270 e. The summed E-state index contributed by atoms with van der Waals surface area (Å²) in [6, 6.07) is 10.7. The largest absolute Gasteiger partial charge is 0.345 e. The molecule has 1 unspecified atom stereocenters. The van der Waals surface area contributed by atoms with E-state index in [9.17, 15) is 14.0 Å². The highest BCUT2D eigenvalue weighted by molar-refractivity contribution is 6.29. The fraction of sp³-hybridized carbons (Fsp3) is 0.350. The van der Waals surface area contributed by atoms with Crippen molar-refractivity contribution in [2.75, 3.05) is 5.32 Å². The molecule has 1 aromatic carbocycles. The van der Waals surface area contributed by atoms with Gasteiger partial charge in [-0.25, -0.2) is 9.37 Å². The summed E-state index contributed by atoms with van der Waals surface area (Å²) >= 11 is 5.84. The lowest BCUT2D eigenvalue weighted by atomic mass is 9.36. The van der Waals surface area contributed by atoms with Gasteiger partial charge >= 0.3 is 0 Å². The van der Waals surface area contributed by atoms with Crippen LogP contribution in [0, 0.1) is 17.2 Å². The van der Waals surface area contributed by atoms with E-state index in [0.717, 1.165) is 19.3 Å². The first-order valence-corrected chi connectivity index (χ1v) is 9.20. The molecule has 1 aromatic heterocycles. The van der Waals surface area contributed by atoms with Crippen LogP contribution in [0.5, 0.6) is 0 Å². The molecule has 2 amide bonds. The predicted molar refractivity (Wildman–Crippen MR) is 99.9 cm³/mol. The van der Waals surface area contributed by atoms with Crippen LogP contribution in [0.4, 0.5) is 10.1 Å². The van der Waals surface area contributed by atoms with Crippen molar-refractivity contribution < 1.29 is 14.0 Å². The summed E-state index contributed by atoms with van der Waals surface area (Å²) in [5, 5.41) is 6.16. The quantitative estimate of drug-likeness (QED) is 0.766. The molecule has 0 radical (unpaired) electrons. The maximum atomic E-state index is 13.0. The van der Waals surface area contributed by atoms with Gasteiger partial charge in [0.15, 0.2) is 0 Å². The van der Waals surface area contributed by atoms with Crippen molar-refractivity contribution in [3.05, 3.63) is 59.1 Å². The smallest absolute Gasteiger partial charge is 0.270 e. The Morgan fingerprint density at radius 1 is 1.15 bits per heavy atom. The summed E-state index contributed by atoms with van der Waals surface area (Å²) in [4.78, 5) is 28.9. The lowest BCUT2D eigenvalue weighted by Crippen LogP contribution is -2.77. The second kappa shape index (κ2) is 6.30. The number of amides is 2. The Kier molecular flexibility index (Phi) is 4.18. The molecule has 2 N–H and O–H groups in total. The van der Waals surface area contributed by atoms with E-state index in [1.807, 2.05) is 6.92 Å². The minimum absolute atomic E-state index is 0.0842. The summed E-state index contributed by atoms with van der Waals surface area (Å²) in [5.41, 5.74) is 0.545. The van der Waals surface area contributed by atoms with Crippen molar-refractivity contribution in [3.8, 4) is 0 Å². The second-order valence-corrected chi connectivity index (χ2v) is 8.08. The average molecular weight is 388 g/mol. The number of anilines is 1. The Bertz CT molecular complexity index is 896. The third-order valence-corrected chi connectivity index (χ3v) is 6.03. The first-order valence-electron chi connectivity index (χ1n) is 8.82. The van der Waals surface area contributed by atoms with E-state index in [-0.39, 0.29) is 39.7 Å². The van der Waals surface area contributed by atoms with E-state index in [0.29, 0.717) is 11.4 Å². The number of benzene rings is 1. The highest BCUT2D eigenvalue weighted by atomic mass is 35.5. The van der Waals surface area contributed by atoms with E-state index in [2.05, 4.69) is 15.6 Å². The number of pyridine rings is 1. The maximum absolute atomic E-state index is 13.0. The van der Waals surface area contributed by atoms with Crippen LogP contribution in [0.1, 0.15) is 36.7 Å². The Hall–Kier alpha value is -2.47. The molecular formula is C20H19ClFN3O2. The topological polar surface area (TPSA) is 71.1 Å². The number of rotatable bonds is 5. The van der Waals surface area contributed by atoms with Gasteiger partial charge in [-0.1, -0.05) is 24.6 Å². The standard InChI is InChI=1S/C20H19ClFN3O2/c1-12(17(26)23-14-7-5-13(22)6-8-14)19-9-20(10-19,11-19)25-18(27)15-3-2-4-16(21)24-15/h2-8,12H,9-11H2,1H3,(H,23,26)(H,25,27). The van der Waals surface area contributed by atoms with Crippen LogP contribution in [0.2, 0.25) is 5.15 Å². The van der Waals surface area contributed by atoms with Gasteiger partial charge in [-0.05, 0) is 61.1 Å². The molecule has 3 fully saturated rings. The molecule has 0 aliphatic heterocycles. The van der Waals surface area contributed by atoms with Gasteiger partial charge < -0.3 is 10.6 Å². The van der Waals surface area contributed by atoms with Gasteiger partial charge in [0.2, 0.25) is 5.91 Å². The van der Waals surface area contributed by atoms with Gasteiger partial charge in [-0.15, -0.1) is 0 Å². The van der Waals surface area contributed by atoms with Gasteiger partial charge in [-0.2, -0.15) is 0 Å². The van der Waals surface area contributed by atoms with Crippen LogP contribution in [0.15, 0.2) is 42.5 Å². The van der Waals surface area contributed by atoms with Crippen molar-refractivity contribution in [3.63, 3.8) is 0 Å². The molecule has 0 spiro atoms. The number of nitrogens with one attached hydrogen (secondary N) is 2. The number of carbonyl (C=O) groups is 2. The highest BCUT2D eigenvalue weighted by Crippen LogP contribution is 2.70. The predicted octanol–water partition coefficient (Wildman–Crippen LogP) is 3.80. The molecule has 27 heavy (non-hydrogen) atoms. The lowest BCUT2D eigenvalue weighted by Gasteiger charge is -2.72. The van der Waals surface area contributed by atoms with Crippen molar-refractivity contribution >= 4 is 29.1 Å². The zero-order chi connectivity index (χ0) is 19.2. The number of carbonyl (C=O) groups excluding carboxylic acids is 2. The normalized spacial score (nSPS) is 26.3. The molecule has 140 valence electrons. The van der Waals surface area contributed by atoms with Crippen molar-refractivity contribution in [1.82, 2.24) is 10.3 Å².